The molecule has 1 heterocycles. The summed E-state index contributed by atoms with van der Waals surface area (Å²) in [4.78, 5) is 17.1. The van der Waals surface area contributed by atoms with E-state index in [1.807, 2.05) is 6.92 Å². The maximum atomic E-state index is 12.7. The fourth-order valence-corrected chi connectivity index (χ4v) is 3.45. The molecule has 1 saturated heterocycles. The Morgan fingerprint density at radius 3 is 2.43 bits per heavy atom. The number of guanidine groups is 1. The zero-order valence-electron chi connectivity index (χ0n) is 15.6. The zero-order valence-corrected chi connectivity index (χ0v) is 15.6. The van der Waals surface area contributed by atoms with E-state index in [0.29, 0.717) is 6.42 Å². The second-order valence-corrected chi connectivity index (χ2v) is 7.29. The van der Waals surface area contributed by atoms with Crippen LogP contribution in [0.1, 0.15) is 54.9 Å². The Kier molecular flexibility index (Phi) is 6.21. The minimum absolute atomic E-state index is 0.122. The van der Waals surface area contributed by atoms with E-state index < -0.39 is 17.6 Å². The van der Waals surface area contributed by atoms with Crippen molar-refractivity contribution in [3.05, 3.63) is 35.4 Å². The average molecular weight is 398 g/mol. The largest absolute Gasteiger partial charge is 0.416 e. The summed E-state index contributed by atoms with van der Waals surface area (Å²) in [6, 6.07) is 4.43. The first-order chi connectivity index (χ1) is 13.2. The summed E-state index contributed by atoms with van der Waals surface area (Å²) >= 11 is 0. The summed E-state index contributed by atoms with van der Waals surface area (Å²) in [6.45, 7) is 1.97. The van der Waals surface area contributed by atoms with Gasteiger partial charge in [-0.1, -0.05) is 12.8 Å². The number of alkyl halides is 3. The third-order valence-corrected chi connectivity index (χ3v) is 4.94. The van der Waals surface area contributed by atoms with Crippen molar-refractivity contribution in [3.8, 4) is 0 Å². The molecule has 28 heavy (non-hydrogen) atoms. The van der Waals surface area contributed by atoms with Gasteiger partial charge in [-0.05, 0) is 44.0 Å². The third-order valence-electron chi connectivity index (χ3n) is 4.94. The lowest BCUT2D eigenvalue weighted by Gasteiger charge is -2.20. The molecule has 0 radical (unpaired) electrons. The molecule has 154 valence electrons. The lowest BCUT2D eigenvalue weighted by molar-refractivity contribution is -0.137. The van der Waals surface area contributed by atoms with Gasteiger partial charge in [0, 0.05) is 24.1 Å². The highest BCUT2D eigenvalue weighted by Gasteiger charge is 2.31. The summed E-state index contributed by atoms with van der Waals surface area (Å²) in [5.74, 6) is 5.65. The molecule has 10 heteroatoms. The Hall–Kier alpha value is -2.17. The van der Waals surface area contributed by atoms with E-state index in [1.54, 1.807) is 0 Å². The Morgan fingerprint density at radius 2 is 1.89 bits per heavy atom. The highest BCUT2D eigenvalue weighted by Crippen LogP contribution is 2.29. The van der Waals surface area contributed by atoms with E-state index in [1.165, 1.54) is 5.12 Å². The molecule has 3 rings (SSSR count). The lowest BCUT2D eigenvalue weighted by Crippen LogP contribution is -2.48. The molecule has 2 atom stereocenters. The summed E-state index contributed by atoms with van der Waals surface area (Å²) < 4.78 is 38.1. The number of aliphatic imine (C=N–C) groups is 1. The van der Waals surface area contributed by atoms with Crippen molar-refractivity contribution in [1.82, 2.24) is 21.2 Å². The predicted molar refractivity (Wildman–Crippen MR) is 98.8 cm³/mol. The molecule has 5 N–H and O–H groups in total. The highest BCUT2D eigenvalue weighted by atomic mass is 19.4. The summed E-state index contributed by atoms with van der Waals surface area (Å²) in [5, 5.41) is 7.33. The number of halogens is 3. The number of nitrogens with zero attached hydrogens (tertiary/aromatic N) is 2. The SMILES string of the molecule is CC1CC(N=C(NC(=O)c2ccc(C(F)(F)F)cc2)NC2CCCC2)N(N)N1. The van der Waals surface area contributed by atoms with Crippen LogP contribution in [0.5, 0.6) is 0 Å². The maximum absolute atomic E-state index is 12.7. The van der Waals surface area contributed by atoms with E-state index >= 15 is 0 Å². The van der Waals surface area contributed by atoms with E-state index in [2.05, 4.69) is 21.1 Å². The summed E-state index contributed by atoms with van der Waals surface area (Å²) in [7, 11) is 0. The number of nitrogens with two attached hydrogens (primary N) is 1. The van der Waals surface area contributed by atoms with Gasteiger partial charge < -0.3 is 5.32 Å². The minimum atomic E-state index is -4.44. The van der Waals surface area contributed by atoms with Gasteiger partial charge in [0.15, 0.2) is 5.96 Å². The van der Waals surface area contributed by atoms with Gasteiger partial charge in [0.25, 0.3) is 5.91 Å². The molecule has 1 aliphatic heterocycles. The highest BCUT2D eigenvalue weighted by molar-refractivity contribution is 6.05. The van der Waals surface area contributed by atoms with Crippen LogP contribution < -0.4 is 21.9 Å². The quantitative estimate of drug-likeness (QED) is 0.356. The van der Waals surface area contributed by atoms with Crippen molar-refractivity contribution in [2.75, 3.05) is 0 Å². The maximum Gasteiger partial charge on any atom is 0.416 e. The topological polar surface area (TPSA) is 94.8 Å². The van der Waals surface area contributed by atoms with Gasteiger partial charge >= 0.3 is 6.18 Å². The van der Waals surface area contributed by atoms with Gasteiger partial charge in [0.2, 0.25) is 0 Å². The van der Waals surface area contributed by atoms with Crippen LogP contribution in [0.15, 0.2) is 29.3 Å². The number of carbonyl (C=O) groups is 1. The van der Waals surface area contributed by atoms with Crippen molar-refractivity contribution in [2.24, 2.45) is 10.8 Å². The van der Waals surface area contributed by atoms with Gasteiger partial charge in [-0.3, -0.25) is 16.0 Å². The average Bonchev–Trinajstić information content (AvgIpc) is 3.23. The number of carbonyl (C=O) groups excluding carboxylic acids is 1. The normalized spacial score (nSPS) is 24.5. The number of hydrogen-bond donors (Lipinski definition) is 4. The first kappa shape index (κ1) is 20.6. The predicted octanol–water partition coefficient (Wildman–Crippen LogP) is 2.12. The van der Waals surface area contributed by atoms with Gasteiger partial charge in [-0.15, -0.1) is 0 Å². The van der Waals surface area contributed by atoms with Gasteiger partial charge in [0.1, 0.15) is 6.17 Å². The van der Waals surface area contributed by atoms with Crippen molar-refractivity contribution in [1.29, 1.82) is 0 Å². The van der Waals surface area contributed by atoms with Crippen LogP contribution in [0.25, 0.3) is 0 Å². The molecule has 2 fully saturated rings. The first-order valence-corrected chi connectivity index (χ1v) is 9.35. The lowest BCUT2D eigenvalue weighted by atomic mass is 10.1. The smallest absolute Gasteiger partial charge is 0.353 e. The van der Waals surface area contributed by atoms with E-state index in [-0.39, 0.29) is 29.8 Å². The molecular weight excluding hydrogens is 373 g/mol. The monoisotopic (exact) mass is 398 g/mol. The minimum Gasteiger partial charge on any atom is -0.353 e. The fraction of sp³-hybridized carbons (Fsp3) is 0.556. The number of benzene rings is 1. The molecular formula is C18H25F3N6O. The van der Waals surface area contributed by atoms with Crippen LogP contribution >= 0.6 is 0 Å². The Morgan fingerprint density at radius 1 is 1.25 bits per heavy atom. The molecule has 1 aromatic carbocycles. The van der Waals surface area contributed by atoms with E-state index in [4.69, 9.17) is 5.84 Å². The fourth-order valence-electron chi connectivity index (χ4n) is 3.45. The summed E-state index contributed by atoms with van der Waals surface area (Å²) in [6.07, 6.45) is 0.0184. The Labute approximate surface area is 161 Å². The molecule has 0 bridgehead atoms. The molecule has 1 amide bonds. The summed E-state index contributed by atoms with van der Waals surface area (Å²) in [5.41, 5.74) is 2.35. The van der Waals surface area contributed by atoms with Crippen molar-refractivity contribution in [3.63, 3.8) is 0 Å². The standard InChI is InChI=1S/C18H25F3N6O/c1-11-10-15(27(22)26-11)24-17(23-14-4-2-3-5-14)25-16(28)12-6-8-13(9-7-12)18(19,20)21/h6-9,11,14-15,26H,2-5,10,22H2,1H3,(H2,23,24,25,28). The second kappa shape index (κ2) is 8.46. The molecule has 1 aromatic rings. The number of hydrogen-bond acceptors (Lipinski definition) is 5. The molecule has 7 nitrogen and oxygen atoms in total. The first-order valence-electron chi connectivity index (χ1n) is 9.35. The van der Waals surface area contributed by atoms with Crippen LogP contribution in [0.2, 0.25) is 0 Å². The van der Waals surface area contributed by atoms with Crippen LogP contribution in [0.3, 0.4) is 0 Å². The molecule has 0 aromatic heterocycles. The third kappa shape index (κ3) is 5.21. The molecule has 1 aliphatic carbocycles. The number of rotatable bonds is 3. The number of hydrazine groups is 2. The van der Waals surface area contributed by atoms with Gasteiger partial charge in [0.05, 0.1) is 5.56 Å². The van der Waals surface area contributed by atoms with E-state index in [0.717, 1.165) is 49.9 Å². The zero-order chi connectivity index (χ0) is 20.3. The van der Waals surface area contributed by atoms with Crippen LogP contribution in [-0.4, -0.2) is 35.2 Å². The molecule has 1 saturated carbocycles. The van der Waals surface area contributed by atoms with Crippen LogP contribution in [-0.2, 0) is 6.18 Å². The van der Waals surface area contributed by atoms with E-state index in [9.17, 15) is 18.0 Å². The second-order valence-electron chi connectivity index (χ2n) is 7.29. The number of amides is 1. The van der Waals surface area contributed by atoms with Crippen molar-refractivity contribution >= 4 is 11.9 Å². The number of nitrogens with one attached hydrogen (secondary N) is 3. The Balaban J connectivity index is 1.73. The Bertz CT molecular complexity index is 715. The van der Waals surface area contributed by atoms with Gasteiger partial charge in [-0.2, -0.15) is 18.3 Å². The van der Waals surface area contributed by atoms with Crippen molar-refractivity contribution in [2.45, 2.75) is 63.5 Å². The molecule has 2 unspecified atom stereocenters. The molecule has 0 spiro atoms. The van der Waals surface area contributed by atoms with Crippen molar-refractivity contribution < 1.29 is 18.0 Å². The molecule has 2 aliphatic rings. The van der Waals surface area contributed by atoms with Crippen LogP contribution in [0, 0.1) is 0 Å². The van der Waals surface area contributed by atoms with Crippen LogP contribution in [0.4, 0.5) is 13.2 Å². The van der Waals surface area contributed by atoms with Gasteiger partial charge in [-0.25, -0.2) is 10.4 Å².